The number of nitrogens with zero attached hydrogens (tertiary/aromatic N) is 1. The fourth-order valence-electron chi connectivity index (χ4n) is 1.85. The van der Waals surface area contributed by atoms with Crippen molar-refractivity contribution in [1.82, 2.24) is 4.90 Å². The third-order valence-corrected chi connectivity index (χ3v) is 3.05. The average molecular weight is 279 g/mol. The molecule has 1 unspecified atom stereocenters. The third kappa shape index (κ3) is 5.40. The molecule has 20 heavy (non-hydrogen) atoms. The van der Waals surface area contributed by atoms with Gasteiger partial charge in [0, 0.05) is 26.6 Å². The summed E-state index contributed by atoms with van der Waals surface area (Å²) in [5, 5.41) is 8.68. The number of aliphatic carboxylic acids is 1. The molecule has 1 amide bonds. The van der Waals surface area contributed by atoms with Crippen molar-refractivity contribution < 1.29 is 19.4 Å². The molecule has 0 spiro atoms. The lowest BCUT2D eigenvalue weighted by Crippen LogP contribution is -2.39. The molecule has 1 aromatic rings. The van der Waals surface area contributed by atoms with Crippen LogP contribution in [0, 0.1) is 0 Å². The Morgan fingerprint density at radius 1 is 1.30 bits per heavy atom. The number of carbonyl (C=O) groups is 2. The van der Waals surface area contributed by atoms with Gasteiger partial charge in [0.15, 0.2) is 0 Å². The number of methoxy groups -OCH3 is 1. The Labute approximate surface area is 119 Å². The van der Waals surface area contributed by atoms with Crippen LogP contribution in [-0.2, 0) is 20.9 Å². The SMILES string of the molecule is COC(C)C(=O)N(CCCC(=O)O)Cc1ccccc1. The lowest BCUT2D eigenvalue weighted by molar-refractivity contribution is -0.143. The van der Waals surface area contributed by atoms with Crippen molar-refractivity contribution in [2.24, 2.45) is 0 Å². The molecule has 0 saturated heterocycles. The first-order valence-corrected chi connectivity index (χ1v) is 6.62. The van der Waals surface area contributed by atoms with Gasteiger partial charge in [-0.3, -0.25) is 9.59 Å². The first-order valence-electron chi connectivity index (χ1n) is 6.62. The Hall–Kier alpha value is -1.88. The molecule has 0 aliphatic rings. The van der Waals surface area contributed by atoms with Gasteiger partial charge in [0.1, 0.15) is 6.10 Å². The number of benzene rings is 1. The highest BCUT2D eigenvalue weighted by Gasteiger charge is 2.20. The minimum Gasteiger partial charge on any atom is -0.481 e. The number of carboxylic acids is 1. The first-order chi connectivity index (χ1) is 9.54. The van der Waals surface area contributed by atoms with Crippen molar-refractivity contribution in [3.8, 4) is 0 Å². The Kier molecular flexibility index (Phi) is 6.73. The van der Waals surface area contributed by atoms with Crippen molar-refractivity contribution in [2.45, 2.75) is 32.4 Å². The average Bonchev–Trinajstić information content (AvgIpc) is 2.45. The number of ether oxygens (including phenoxy) is 1. The van der Waals surface area contributed by atoms with Crippen molar-refractivity contribution in [2.75, 3.05) is 13.7 Å². The predicted octanol–water partition coefficient (Wildman–Crippen LogP) is 1.91. The van der Waals surface area contributed by atoms with Gasteiger partial charge in [0.25, 0.3) is 5.91 Å². The van der Waals surface area contributed by atoms with Crippen LogP contribution in [0.2, 0.25) is 0 Å². The monoisotopic (exact) mass is 279 g/mol. The Morgan fingerprint density at radius 2 is 1.95 bits per heavy atom. The van der Waals surface area contributed by atoms with Crippen LogP contribution in [0.3, 0.4) is 0 Å². The highest BCUT2D eigenvalue weighted by molar-refractivity contribution is 5.80. The molecule has 5 nitrogen and oxygen atoms in total. The van der Waals surface area contributed by atoms with Gasteiger partial charge in [0.2, 0.25) is 0 Å². The number of hydrogen-bond donors (Lipinski definition) is 1. The molecular formula is C15H21NO4. The zero-order valence-corrected chi connectivity index (χ0v) is 11.9. The van der Waals surface area contributed by atoms with Gasteiger partial charge in [-0.2, -0.15) is 0 Å². The van der Waals surface area contributed by atoms with E-state index in [1.807, 2.05) is 30.3 Å². The van der Waals surface area contributed by atoms with Crippen LogP contribution in [0.4, 0.5) is 0 Å². The molecule has 1 rings (SSSR count). The van der Waals surface area contributed by atoms with E-state index in [0.717, 1.165) is 5.56 Å². The molecule has 0 aromatic heterocycles. The minimum atomic E-state index is -0.850. The van der Waals surface area contributed by atoms with E-state index in [2.05, 4.69) is 0 Å². The van der Waals surface area contributed by atoms with Crippen LogP contribution in [-0.4, -0.2) is 41.6 Å². The van der Waals surface area contributed by atoms with E-state index in [-0.39, 0.29) is 12.3 Å². The number of amides is 1. The normalized spacial score (nSPS) is 11.9. The van der Waals surface area contributed by atoms with E-state index in [9.17, 15) is 9.59 Å². The van der Waals surface area contributed by atoms with Gasteiger partial charge >= 0.3 is 5.97 Å². The Balaban J connectivity index is 2.68. The topological polar surface area (TPSA) is 66.8 Å². The summed E-state index contributed by atoms with van der Waals surface area (Å²) >= 11 is 0. The second kappa shape index (κ2) is 8.32. The zero-order valence-electron chi connectivity index (χ0n) is 11.9. The summed E-state index contributed by atoms with van der Waals surface area (Å²) in [5.74, 6) is -0.973. The standard InChI is InChI=1S/C15H21NO4/c1-12(20-2)15(19)16(10-6-9-14(17)18)11-13-7-4-3-5-8-13/h3-5,7-8,12H,6,9-11H2,1-2H3,(H,17,18). The smallest absolute Gasteiger partial charge is 0.303 e. The van der Waals surface area contributed by atoms with Gasteiger partial charge in [-0.1, -0.05) is 30.3 Å². The molecule has 0 radical (unpaired) electrons. The zero-order chi connectivity index (χ0) is 15.0. The Morgan fingerprint density at radius 3 is 2.50 bits per heavy atom. The van der Waals surface area contributed by atoms with E-state index >= 15 is 0 Å². The second-order valence-corrected chi connectivity index (χ2v) is 4.62. The fourth-order valence-corrected chi connectivity index (χ4v) is 1.85. The van der Waals surface area contributed by atoms with Crippen molar-refractivity contribution in [3.63, 3.8) is 0 Å². The lowest BCUT2D eigenvalue weighted by atomic mass is 10.2. The number of rotatable bonds is 8. The summed E-state index contributed by atoms with van der Waals surface area (Å²) in [6.45, 7) is 2.57. The van der Waals surface area contributed by atoms with Crippen LogP contribution in [0.5, 0.6) is 0 Å². The molecule has 110 valence electrons. The molecule has 1 atom stereocenters. The molecule has 1 N–H and O–H groups in total. The maximum Gasteiger partial charge on any atom is 0.303 e. The molecule has 0 fully saturated rings. The summed E-state index contributed by atoms with van der Waals surface area (Å²) < 4.78 is 5.05. The maximum absolute atomic E-state index is 12.2. The van der Waals surface area contributed by atoms with E-state index in [0.29, 0.717) is 19.5 Å². The van der Waals surface area contributed by atoms with Gasteiger partial charge < -0.3 is 14.7 Å². The largest absolute Gasteiger partial charge is 0.481 e. The summed E-state index contributed by atoms with van der Waals surface area (Å²) in [5.41, 5.74) is 1.01. The quantitative estimate of drug-likeness (QED) is 0.789. The maximum atomic E-state index is 12.2. The summed E-state index contributed by atoms with van der Waals surface area (Å²) in [7, 11) is 1.49. The molecule has 0 heterocycles. The number of carbonyl (C=O) groups excluding carboxylic acids is 1. The van der Waals surface area contributed by atoms with E-state index in [1.165, 1.54) is 7.11 Å². The molecule has 5 heteroatoms. The molecule has 1 aromatic carbocycles. The number of carboxylic acid groups (broad SMARTS) is 1. The minimum absolute atomic E-state index is 0.0555. The predicted molar refractivity (Wildman–Crippen MR) is 75.2 cm³/mol. The molecular weight excluding hydrogens is 258 g/mol. The van der Waals surface area contributed by atoms with E-state index < -0.39 is 12.1 Å². The van der Waals surface area contributed by atoms with Crippen molar-refractivity contribution in [3.05, 3.63) is 35.9 Å². The van der Waals surface area contributed by atoms with Crippen LogP contribution < -0.4 is 0 Å². The van der Waals surface area contributed by atoms with Crippen LogP contribution in [0.25, 0.3) is 0 Å². The molecule has 0 aliphatic carbocycles. The van der Waals surface area contributed by atoms with Crippen LogP contribution >= 0.6 is 0 Å². The van der Waals surface area contributed by atoms with Gasteiger partial charge in [-0.25, -0.2) is 0 Å². The fraction of sp³-hybridized carbons (Fsp3) is 0.467. The van der Waals surface area contributed by atoms with Gasteiger partial charge in [0.05, 0.1) is 0 Å². The summed E-state index contributed by atoms with van der Waals surface area (Å²) in [4.78, 5) is 24.4. The Bertz CT molecular complexity index is 433. The summed E-state index contributed by atoms with van der Waals surface area (Å²) in [6.07, 6.45) is -0.0341. The third-order valence-electron chi connectivity index (χ3n) is 3.05. The highest BCUT2D eigenvalue weighted by Crippen LogP contribution is 2.09. The highest BCUT2D eigenvalue weighted by atomic mass is 16.5. The van der Waals surface area contributed by atoms with Gasteiger partial charge in [-0.15, -0.1) is 0 Å². The van der Waals surface area contributed by atoms with E-state index in [4.69, 9.17) is 9.84 Å². The lowest BCUT2D eigenvalue weighted by Gasteiger charge is -2.25. The van der Waals surface area contributed by atoms with Crippen LogP contribution in [0.1, 0.15) is 25.3 Å². The summed E-state index contributed by atoms with van der Waals surface area (Å²) in [6, 6.07) is 9.62. The van der Waals surface area contributed by atoms with Crippen molar-refractivity contribution >= 4 is 11.9 Å². The molecule has 0 saturated carbocycles. The number of hydrogen-bond acceptors (Lipinski definition) is 3. The van der Waals surface area contributed by atoms with Crippen LogP contribution in [0.15, 0.2) is 30.3 Å². The van der Waals surface area contributed by atoms with Gasteiger partial charge in [-0.05, 0) is 18.9 Å². The van der Waals surface area contributed by atoms with Crippen molar-refractivity contribution in [1.29, 1.82) is 0 Å². The molecule has 0 aliphatic heterocycles. The molecule has 0 bridgehead atoms. The van der Waals surface area contributed by atoms with E-state index in [1.54, 1.807) is 11.8 Å². The first kappa shape index (κ1) is 16.2. The second-order valence-electron chi connectivity index (χ2n) is 4.62.